The van der Waals surface area contributed by atoms with E-state index in [1.54, 1.807) is 7.05 Å². The van der Waals surface area contributed by atoms with E-state index in [2.05, 4.69) is 40.5 Å². The Bertz CT molecular complexity index is 1010. The number of benzene rings is 1. The SMILES string of the molecule is C=C/C(=C\N(C)C)c1cccc(-c2ncc(C(/C=C\C)=NC)c(NCC3CCNC3)n2)c1. The summed E-state index contributed by atoms with van der Waals surface area (Å²) < 4.78 is 0. The molecular weight excluding hydrogens is 396 g/mol. The van der Waals surface area contributed by atoms with Gasteiger partial charge in [0.05, 0.1) is 11.3 Å². The summed E-state index contributed by atoms with van der Waals surface area (Å²) in [6, 6.07) is 8.26. The Morgan fingerprint density at radius 3 is 2.88 bits per heavy atom. The second-order valence-corrected chi connectivity index (χ2v) is 8.14. The molecule has 0 aliphatic carbocycles. The molecule has 2 N–H and O–H groups in total. The van der Waals surface area contributed by atoms with Crippen LogP contribution in [0.1, 0.15) is 24.5 Å². The van der Waals surface area contributed by atoms with Gasteiger partial charge in [0.2, 0.25) is 0 Å². The largest absolute Gasteiger partial charge is 0.383 e. The van der Waals surface area contributed by atoms with Gasteiger partial charge in [0.15, 0.2) is 5.82 Å². The van der Waals surface area contributed by atoms with Crippen LogP contribution in [0.5, 0.6) is 0 Å². The van der Waals surface area contributed by atoms with Crippen LogP contribution >= 0.6 is 0 Å². The molecule has 0 amide bonds. The Labute approximate surface area is 191 Å². The second kappa shape index (κ2) is 11.4. The van der Waals surface area contributed by atoms with Gasteiger partial charge in [-0.15, -0.1) is 0 Å². The zero-order chi connectivity index (χ0) is 22.9. The maximum atomic E-state index is 4.93. The van der Waals surface area contributed by atoms with E-state index in [9.17, 15) is 0 Å². The molecule has 3 rings (SSSR count). The van der Waals surface area contributed by atoms with Gasteiger partial charge >= 0.3 is 0 Å². The van der Waals surface area contributed by atoms with Crippen molar-refractivity contribution in [1.29, 1.82) is 0 Å². The first-order chi connectivity index (χ1) is 15.5. The number of nitrogens with one attached hydrogen (secondary N) is 2. The average Bonchev–Trinajstić information content (AvgIpc) is 3.33. The minimum Gasteiger partial charge on any atom is -0.383 e. The molecule has 0 spiro atoms. The lowest BCUT2D eigenvalue weighted by molar-refractivity contribution is 0.566. The van der Waals surface area contributed by atoms with E-state index in [4.69, 9.17) is 9.97 Å². The molecule has 1 saturated heterocycles. The monoisotopic (exact) mass is 430 g/mol. The standard InChI is InChI=1S/C26H34N6/c1-6-9-24(27-3)23-17-30-25(31-26(23)29-16-19-12-13-28-15-19)22-11-8-10-21(14-22)20(7-2)18-32(4)5/h6-11,14,17-19,28H,2,12-13,15-16H2,1,3-5H3,(H,29,30,31)/b9-6-,20-18+,27-24?. The maximum absolute atomic E-state index is 4.93. The van der Waals surface area contributed by atoms with E-state index >= 15 is 0 Å². The normalized spacial score (nSPS) is 17.1. The van der Waals surface area contributed by atoms with Gasteiger partial charge in [0.25, 0.3) is 0 Å². The predicted molar refractivity (Wildman–Crippen MR) is 136 cm³/mol. The van der Waals surface area contributed by atoms with E-state index in [0.29, 0.717) is 11.7 Å². The van der Waals surface area contributed by atoms with E-state index in [-0.39, 0.29) is 0 Å². The fourth-order valence-electron chi connectivity index (χ4n) is 3.78. The molecule has 1 unspecified atom stereocenters. The lowest BCUT2D eigenvalue weighted by Crippen LogP contribution is -2.19. The maximum Gasteiger partial charge on any atom is 0.161 e. The first-order valence-corrected chi connectivity index (χ1v) is 11.1. The van der Waals surface area contributed by atoms with Crippen LogP contribution in [0.25, 0.3) is 17.0 Å². The highest BCUT2D eigenvalue weighted by atomic mass is 15.0. The van der Waals surface area contributed by atoms with Crippen LogP contribution in [-0.4, -0.2) is 61.4 Å². The van der Waals surface area contributed by atoms with Crippen molar-refractivity contribution >= 4 is 17.1 Å². The predicted octanol–water partition coefficient (Wildman–Crippen LogP) is 4.25. The van der Waals surface area contributed by atoms with Crippen LogP contribution in [0.15, 0.2) is 66.5 Å². The summed E-state index contributed by atoms with van der Waals surface area (Å²) in [4.78, 5) is 16.1. The highest BCUT2D eigenvalue weighted by Crippen LogP contribution is 2.25. The Hall–Kier alpha value is -3.25. The molecule has 1 aromatic carbocycles. The Kier molecular flexibility index (Phi) is 8.34. The third-order valence-electron chi connectivity index (χ3n) is 5.42. The van der Waals surface area contributed by atoms with Crippen molar-refractivity contribution in [3.63, 3.8) is 0 Å². The minimum atomic E-state index is 0.597. The summed E-state index contributed by atoms with van der Waals surface area (Å²) in [5.74, 6) is 2.10. The summed E-state index contributed by atoms with van der Waals surface area (Å²) in [5.41, 5.74) is 4.87. The van der Waals surface area contributed by atoms with Crippen LogP contribution in [-0.2, 0) is 0 Å². The molecule has 6 heteroatoms. The number of anilines is 1. The van der Waals surface area contributed by atoms with E-state index in [1.165, 1.54) is 6.42 Å². The van der Waals surface area contributed by atoms with Crippen molar-refractivity contribution in [2.45, 2.75) is 13.3 Å². The molecule has 1 aromatic heterocycles. The van der Waals surface area contributed by atoms with Crippen LogP contribution in [0.2, 0.25) is 0 Å². The third kappa shape index (κ3) is 5.92. The molecule has 1 aliphatic rings. The highest BCUT2D eigenvalue weighted by Gasteiger charge is 2.17. The summed E-state index contributed by atoms with van der Waals surface area (Å²) in [6.07, 6.45) is 10.9. The molecule has 168 valence electrons. The summed E-state index contributed by atoms with van der Waals surface area (Å²) in [5, 5.41) is 7.00. The molecule has 0 saturated carbocycles. The highest BCUT2D eigenvalue weighted by molar-refractivity contribution is 6.11. The van der Waals surface area contributed by atoms with Crippen molar-refractivity contribution < 1.29 is 0 Å². The van der Waals surface area contributed by atoms with Gasteiger partial charge in [-0.05, 0) is 55.6 Å². The first-order valence-electron chi connectivity index (χ1n) is 11.1. The van der Waals surface area contributed by atoms with E-state index in [0.717, 1.165) is 53.4 Å². The summed E-state index contributed by atoms with van der Waals surface area (Å²) >= 11 is 0. The molecule has 32 heavy (non-hydrogen) atoms. The van der Waals surface area contributed by atoms with E-state index < -0.39 is 0 Å². The van der Waals surface area contributed by atoms with Crippen LogP contribution in [0.4, 0.5) is 5.82 Å². The third-order valence-corrected chi connectivity index (χ3v) is 5.42. The molecule has 1 atom stereocenters. The molecule has 0 bridgehead atoms. The molecule has 2 heterocycles. The van der Waals surface area contributed by atoms with Gasteiger partial charge in [-0.3, -0.25) is 4.99 Å². The van der Waals surface area contributed by atoms with E-state index in [1.807, 2.05) is 62.5 Å². The summed E-state index contributed by atoms with van der Waals surface area (Å²) in [6.45, 7) is 8.94. The molecule has 6 nitrogen and oxygen atoms in total. The topological polar surface area (TPSA) is 65.4 Å². The zero-order valence-electron chi connectivity index (χ0n) is 19.6. The number of hydrogen-bond acceptors (Lipinski definition) is 6. The lowest BCUT2D eigenvalue weighted by Gasteiger charge is -2.15. The quantitative estimate of drug-likeness (QED) is 0.460. The van der Waals surface area contributed by atoms with Gasteiger partial charge in [-0.1, -0.05) is 36.9 Å². The Balaban J connectivity index is 1.99. The number of aromatic nitrogens is 2. The van der Waals surface area contributed by atoms with Crippen LogP contribution in [0.3, 0.4) is 0 Å². The molecule has 0 radical (unpaired) electrons. The van der Waals surface area contributed by atoms with Crippen molar-refractivity contribution in [1.82, 2.24) is 20.2 Å². The van der Waals surface area contributed by atoms with Crippen molar-refractivity contribution in [3.05, 3.63) is 72.6 Å². The number of hydrogen-bond donors (Lipinski definition) is 2. The van der Waals surface area contributed by atoms with Gasteiger partial charge in [0.1, 0.15) is 5.82 Å². The fourth-order valence-corrected chi connectivity index (χ4v) is 3.78. The van der Waals surface area contributed by atoms with Crippen molar-refractivity contribution in [2.24, 2.45) is 10.9 Å². The zero-order valence-corrected chi connectivity index (χ0v) is 19.6. The summed E-state index contributed by atoms with van der Waals surface area (Å²) in [7, 11) is 5.81. The molecule has 1 aliphatic heterocycles. The molecule has 1 fully saturated rings. The Morgan fingerprint density at radius 1 is 1.38 bits per heavy atom. The minimum absolute atomic E-state index is 0.597. The number of nitrogens with zero attached hydrogens (tertiary/aromatic N) is 4. The Morgan fingerprint density at radius 2 is 2.22 bits per heavy atom. The molecular formula is C26H34N6. The molecule has 2 aromatic rings. The van der Waals surface area contributed by atoms with Crippen molar-refractivity contribution in [2.75, 3.05) is 46.1 Å². The number of rotatable bonds is 9. The van der Waals surface area contributed by atoms with Crippen LogP contribution in [0, 0.1) is 5.92 Å². The van der Waals surface area contributed by atoms with Crippen molar-refractivity contribution in [3.8, 4) is 11.4 Å². The second-order valence-electron chi connectivity index (χ2n) is 8.14. The van der Waals surface area contributed by atoms with Gasteiger partial charge in [-0.2, -0.15) is 0 Å². The van der Waals surface area contributed by atoms with Gasteiger partial charge in [-0.25, -0.2) is 9.97 Å². The first kappa shape index (κ1) is 23.4. The average molecular weight is 431 g/mol. The van der Waals surface area contributed by atoms with Crippen LogP contribution < -0.4 is 10.6 Å². The van der Waals surface area contributed by atoms with Gasteiger partial charge in [0, 0.05) is 45.6 Å². The lowest BCUT2D eigenvalue weighted by atomic mass is 10.0. The smallest absolute Gasteiger partial charge is 0.161 e. The van der Waals surface area contributed by atoms with Gasteiger partial charge < -0.3 is 15.5 Å². The number of aliphatic imine (C=N–C) groups is 1. The number of allylic oxidation sites excluding steroid dienone is 4. The fraction of sp³-hybridized carbons (Fsp3) is 0.346.